The third-order valence-corrected chi connectivity index (χ3v) is 9.98. The van der Waals surface area contributed by atoms with Gasteiger partial charge in [0.1, 0.15) is 34.5 Å². The van der Waals surface area contributed by atoms with Crippen molar-refractivity contribution in [1.82, 2.24) is 34.5 Å². The Labute approximate surface area is 295 Å². The van der Waals surface area contributed by atoms with Crippen LogP contribution < -0.4 is 5.32 Å². The summed E-state index contributed by atoms with van der Waals surface area (Å²) in [7, 11) is 0. The van der Waals surface area contributed by atoms with E-state index in [1.165, 1.54) is 11.6 Å². The number of aryl methyl sites for hydroxylation is 1. The highest BCUT2D eigenvalue weighted by Crippen LogP contribution is 2.59. The third kappa shape index (κ3) is 7.58. The summed E-state index contributed by atoms with van der Waals surface area (Å²) in [6, 6.07) is 7.99. The molecule has 50 heavy (non-hydrogen) atoms. The molecule has 3 aromatic heterocycles. The van der Waals surface area contributed by atoms with Gasteiger partial charge in [-0.2, -0.15) is 18.3 Å². The van der Waals surface area contributed by atoms with E-state index in [1.807, 2.05) is 32.0 Å². The summed E-state index contributed by atoms with van der Waals surface area (Å²) >= 11 is 3.34. The van der Waals surface area contributed by atoms with Crippen molar-refractivity contribution in [2.75, 3.05) is 18.4 Å². The molecule has 2 aliphatic rings. The zero-order chi connectivity index (χ0) is 36.0. The van der Waals surface area contributed by atoms with Crippen molar-refractivity contribution >= 4 is 50.2 Å². The topological polar surface area (TPSA) is 126 Å². The van der Waals surface area contributed by atoms with Crippen molar-refractivity contribution in [1.29, 1.82) is 0 Å². The maximum absolute atomic E-state index is 14.1. The van der Waals surface area contributed by atoms with Gasteiger partial charge in [-0.15, -0.1) is 0 Å². The Balaban J connectivity index is 1.23. The Bertz CT molecular complexity index is 1950. The van der Waals surface area contributed by atoms with Crippen molar-refractivity contribution in [3.63, 3.8) is 0 Å². The first-order chi connectivity index (χ1) is 23.7. The summed E-state index contributed by atoms with van der Waals surface area (Å²) < 4.78 is 41.0. The first kappa shape index (κ1) is 35.6. The van der Waals surface area contributed by atoms with Crippen LogP contribution >= 0.6 is 15.9 Å². The number of carbonyl (C=O) groups is 3. The molecule has 264 valence electrons. The summed E-state index contributed by atoms with van der Waals surface area (Å²) in [4.78, 5) is 56.9. The van der Waals surface area contributed by atoms with E-state index in [1.54, 1.807) is 41.2 Å². The van der Waals surface area contributed by atoms with Crippen LogP contribution in [-0.2, 0) is 22.7 Å². The molecule has 1 aliphatic carbocycles. The molecule has 0 spiro atoms. The second-order valence-corrected chi connectivity index (χ2v) is 14.3. The van der Waals surface area contributed by atoms with Crippen LogP contribution in [0.5, 0.6) is 0 Å². The minimum absolute atomic E-state index is 0.134. The number of nitrogens with one attached hydrogen (secondary N) is 1. The number of amides is 2. The molecule has 1 aliphatic heterocycles. The van der Waals surface area contributed by atoms with Gasteiger partial charge >= 0.3 is 6.18 Å². The number of piperidine rings is 1. The van der Waals surface area contributed by atoms with Gasteiger partial charge < -0.3 is 10.2 Å². The molecule has 1 saturated carbocycles. The Morgan fingerprint density at radius 2 is 1.82 bits per heavy atom. The molecule has 1 saturated heterocycles. The van der Waals surface area contributed by atoms with E-state index in [4.69, 9.17) is 0 Å². The molecule has 3 atom stereocenters. The lowest BCUT2D eigenvalue weighted by atomic mass is 10.0. The monoisotopic (exact) mass is 754 g/mol. The number of fused-ring (bicyclic) bond motifs is 2. The number of Topliss-reactive ketones (excluding diaryl/α,β-unsaturated/α-hetero) is 1. The normalized spacial score (nSPS) is 20.0. The summed E-state index contributed by atoms with van der Waals surface area (Å²) in [5.41, 5.74) is 2.76. The molecular formula is C35H38BrF3N8O3. The predicted molar refractivity (Wildman–Crippen MR) is 184 cm³/mol. The van der Waals surface area contributed by atoms with Crippen LogP contribution in [0, 0.1) is 12.3 Å². The molecule has 2 amide bonds. The predicted octanol–water partition coefficient (Wildman–Crippen LogP) is 6.34. The number of likely N-dealkylation sites (tertiary alicyclic amines) is 1. The van der Waals surface area contributed by atoms with Crippen LogP contribution in [0.25, 0.3) is 22.0 Å². The number of anilines is 1. The van der Waals surface area contributed by atoms with Gasteiger partial charge in [0.25, 0.3) is 0 Å². The molecule has 0 radical (unpaired) electrons. The average Bonchev–Trinajstić information content (AvgIpc) is 3.42. The molecule has 0 unspecified atom stereocenters. The van der Waals surface area contributed by atoms with Crippen LogP contribution in [0.15, 0.2) is 47.3 Å². The van der Waals surface area contributed by atoms with Gasteiger partial charge in [-0.05, 0) is 77.8 Å². The van der Waals surface area contributed by atoms with Gasteiger partial charge in [0, 0.05) is 55.0 Å². The molecule has 1 N–H and O–H groups in total. The minimum atomic E-state index is -4.29. The first-order valence-corrected chi connectivity index (χ1v) is 17.3. The summed E-state index contributed by atoms with van der Waals surface area (Å²) in [5, 5.41) is 8.02. The zero-order valence-corrected chi connectivity index (χ0v) is 29.8. The van der Waals surface area contributed by atoms with Crippen molar-refractivity contribution < 1.29 is 27.6 Å². The molecule has 4 aromatic rings. The molecule has 15 heteroatoms. The van der Waals surface area contributed by atoms with Crippen LogP contribution in [-0.4, -0.2) is 83.5 Å². The van der Waals surface area contributed by atoms with Gasteiger partial charge in [0.05, 0.1) is 11.9 Å². The Hall–Kier alpha value is -4.24. The van der Waals surface area contributed by atoms with Gasteiger partial charge in [0.15, 0.2) is 5.78 Å². The molecule has 0 bridgehead atoms. The number of nitrogens with zero attached hydrogens (tertiary/aromatic N) is 7. The number of rotatable bonds is 12. The second kappa shape index (κ2) is 13.8. The van der Waals surface area contributed by atoms with E-state index in [2.05, 4.69) is 41.3 Å². The van der Waals surface area contributed by atoms with E-state index in [0.717, 1.165) is 17.5 Å². The molecule has 6 rings (SSSR count). The van der Waals surface area contributed by atoms with Crippen LogP contribution in [0.2, 0.25) is 0 Å². The Morgan fingerprint density at radius 3 is 2.50 bits per heavy atom. The van der Waals surface area contributed by atoms with Gasteiger partial charge in [-0.1, -0.05) is 26.0 Å². The fraction of sp³-hybridized carbons (Fsp3) is 0.457. The van der Waals surface area contributed by atoms with E-state index >= 15 is 0 Å². The molecule has 11 nitrogen and oxygen atoms in total. The van der Waals surface area contributed by atoms with Crippen molar-refractivity contribution in [2.45, 2.75) is 84.7 Å². The number of halogens is 4. The van der Waals surface area contributed by atoms with Crippen molar-refractivity contribution in [3.8, 4) is 11.1 Å². The molecule has 4 heterocycles. The number of pyridine rings is 1. The zero-order valence-electron chi connectivity index (χ0n) is 28.2. The molecule has 1 aromatic carbocycles. The number of hydrogen-bond acceptors (Lipinski definition) is 8. The Kier molecular flexibility index (Phi) is 9.83. The third-order valence-electron chi connectivity index (χ3n) is 9.54. The van der Waals surface area contributed by atoms with E-state index < -0.39 is 24.5 Å². The van der Waals surface area contributed by atoms with Crippen LogP contribution in [0.3, 0.4) is 0 Å². The van der Waals surface area contributed by atoms with Crippen molar-refractivity contribution in [2.24, 2.45) is 5.41 Å². The maximum Gasteiger partial charge on any atom is 0.390 e. The number of hydrogen-bond donors (Lipinski definition) is 1. The summed E-state index contributed by atoms with van der Waals surface area (Å²) in [5.74, 6) is -0.112. The molecular weight excluding hydrogens is 717 g/mol. The molecule has 2 fully saturated rings. The van der Waals surface area contributed by atoms with Crippen molar-refractivity contribution in [3.05, 3.63) is 64.4 Å². The lowest BCUT2D eigenvalue weighted by Crippen LogP contribution is -2.47. The number of alkyl halides is 3. The highest BCUT2D eigenvalue weighted by Gasteiger charge is 2.64. The number of benzene rings is 1. The van der Waals surface area contributed by atoms with E-state index in [0.29, 0.717) is 46.3 Å². The van der Waals surface area contributed by atoms with Gasteiger partial charge in [-0.25, -0.2) is 15.0 Å². The first-order valence-electron chi connectivity index (χ1n) is 16.5. The quantitative estimate of drug-likeness (QED) is 0.131. The summed E-state index contributed by atoms with van der Waals surface area (Å²) in [6.45, 7) is 7.41. The largest absolute Gasteiger partial charge is 0.390 e. The number of aromatic nitrogens is 5. The van der Waals surface area contributed by atoms with E-state index in [-0.39, 0.29) is 54.3 Å². The highest BCUT2D eigenvalue weighted by atomic mass is 79.9. The number of carbonyl (C=O) groups excluding carboxylic acids is 3. The SMILES string of the molecule is CCCN(CCC(F)(F)F)Cc1ccc(Br)nc1NC(=O)[C@@H]1C[C@@]2(C)C[C@H]2N1C(=O)Cn1nc(C(C)=O)c2cc(-c3cnc(C)nc3)ccc21. The highest BCUT2D eigenvalue weighted by molar-refractivity contribution is 9.10. The smallest absolute Gasteiger partial charge is 0.325 e. The summed E-state index contributed by atoms with van der Waals surface area (Å²) in [6.07, 6.45) is 0.0499. The average molecular weight is 756 g/mol. The standard InChI is InChI=1S/C35H38BrF3N8O3/c1-5-11-45(12-10-35(37,38)39)18-23-7-9-29(36)42-32(23)43-33(50)27-14-34(4)15-28(34)47(27)30(49)19-46-26-8-6-22(24-16-40-21(3)41-17-24)13-25(26)31(44-46)20(2)48/h6-9,13,16-17,27-28H,5,10-12,14-15,18-19H2,1-4H3,(H,42,43,50)/t27-,28+,34-/m0/s1. The second-order valence-electron chi connectivity index (χ2n) is 13.5. The maximum atomic E-state index is 14.1. The fourth-order valence-corrected chi connectivity index (χ4v) is 7.17. The fourth-order valence-electron chi connectivity index (χ4n) is 6.86. The van der Waals surface area contributed by atoms with Gasteiger partial charge in [0.2, 0.25) is 11.8 Å². The van der Waals surface area contributed by atoms with Crippen LogP contribution in [0.1, 0.15) is 68.3 Å². The lowest BCUT2D eigenvalue weighted by Gasteiger charge is -2.28. The van der Waals surface area contributed by atoms with Gasteiger partial charge in [-0.3, -0.25) is 24.0 Å². The number of ketones is 1. The van der Waals surface area contributed by atoms with E-state index in [9.17, 15) is 27.6 Å². The minimum Gasteiger partial charge on any atom is -0.325 e. The Morgan fingerprint density at radius 1 is 1.08 bits per heavy atom. The van der Waals surface area contributed by atoms with Crippen LogP contribution in [0.4, 0.5) is 19.0 Å². The lowest BCUT2D eigenvalue weighted by molar-refractivity contribution is -0.138.